The van der Waals surface area contributed by atoms with Crippen molar-refractivity contribution in [1.29, 1.82) is 0 Å². The molecule has 0 bridgehead atoms. The average molecular weight is 291 g/mol. The third-order valence-corrected chi connectivity index (χ3v) is 4.33. The van der Waals surface area contributed by atoms with Gasteiger partial charge in [0, 0.05) is 25.7 Å². The van der Waals surface area contributed by atoms with Crippen molar-refractivity contribution >= 4 is 15.9 Å². The number of likely N-dealkylation sites (tertiary alicyclic amines) is 1. The minimum atomic E-state index is -3.16. The summed E-state index contributed by atoms with van der Waals surface area (Å²) in [4.78, 5) is 14.0. The molecule has 0 spiro atoms. The summed E-state index contributed by atoms with van der Waals surface area (Å²) in [5, 5.41) is 0. The second kappa shape index (κ2) is 6.67. The Hall–Kier alpha value is -0.660. The van der Waals surface area contributed by atoms with Crippen LogP contribution in [0, 0.1) is 11.8 Å². The first kappa shape index (κ1) is 16.4. The summed E-state index contributed by atoms with van der Waals surface area (Å²) in [6.07, 6.45) is 3.00. The lowest BCUT2D eigenvalue weighted by molar-refractivity contribution is -0.137. The molecule has 1 saturated heterocycles. The van der Waals surface area contributed by atoms with Crippen LogP contribution in [0.15, 0.2) is 0 Å². The Morgan fingerprint density at radius 3 is 2.63 bits per heavy atom. The highest BCUT2D eigenvalue weighted by Gasteiger charge is 2.28. The number of carbonyl (C=O) groups excluding carboxylic acids is 1. The van der Waals surface area contributed by atoms with E-state index in [9.17, 15) is 13.2 Å². The van der Waals surface area contributed by atoms with Crippen molar-refractivity contribution in [2.24, 2.45) is 17.6 Å². The van der Waals surface area contributed by atoms with Crippen molar-refractivity contribution in [1.82, 2.24) is 9.62 Å². The van der Waals surface area contributed by atoms with Crippen molar-refractivity contribution < 1.29 is 13.2 Å². The molecule has 6 nitrogen and oxygen atoms in total. The number of sulfonamides is 1. The fraction of sp³-hybridized carbons (Fsp3) is 0.917. The van der Waals surface area contributed by atoms with Crippen LogP contribution < -0.4 is 10.5 Å². The number of nitrogens with one attached hydrogen (secondary N) is 1. The van der Waals surface area contributed by atoms with E-state index >= 15 is 0 Å². The highest BCUT2D eigenvalue weighted by Crippen LogP contribution is 2.18. The maximum atomic E-state index is 12.2. The van der Waals surface area contributed by atoms with Crippen LogP contribution in [0.5, 0.6) is 0 Å². The predicted molar refractivity (Wildman–Crippen MR) is 75.0 cm³/mol. The predicted octanol–water partition coefficient (Wildman–Crippen LogP) is -0.242. The average Bonchev–Trinajstić information content (AvgIpc) is 2.34. The summed E-state index contributed by atoms with van der Waals surface area (Å²) in [5.74, 6) is 0.0633. The van der Waals surface area contributed by atoms with Crippen LogP contribution in [-0.4, -0.2) is 51.2 Å². The SMILES string of the molecule is CC(N)C(C)C(=O)N1CCCC(CNS(C)(=O)=O)C1. The van der Waals surface area contributed by atoms with Gasteiger partial charge < -0.3 is 10.6 Å². The zero-order valence-corrected chi connectivity index (χ0v) is 12.7. The number of nitrogens with zero attached hydrogens (tertiary/aromatic N) is 1. The molecule has 0 aromatic rings. The molecular weight excluding hydrogens is 266 g/mol. The molecule has 0 aromatic carbocycles. The lowest BCUT2D eigenvalue weighted by atomic mass is 9.95. The maximum Gasteiger partial charge on any atom is 0.226 e. The molecule has 1 amide bonds. The van der Waals surface area contributed by atoms with Gasteiger partial charge in [-0.05, 0) is 25.7 Å². The molecule has 1 aliphatic rings. The summed E-state index contributed by atoms with van der Waals surface area (Å²) in [6, 6.07) is -0.165. The smallest absolute Gasteiger partial charge is 0.226 e. The largest absolute Gasteiger partial charge is 0.342 e. The lowest BCUT2D eigenvalue weighted by Crippen LogP contribution is -2.48. The van der Waals surface area contributed by atoms with Gasteiger partial charge in [0.15, 0.2) is 0 Å². The molecule has 0 saturated carbocycles. The van der Waals surface area contributed by atoms with Crippen LogP contribution in [0.2, 0.25) is 0 Å². The van der Waals surface area contributed by atoms with E-state index in [4.69, 9.17) is 5.73 Å². The van der Waals surface area contributed by atoms with Crippen LogP contribution in [0.3, 0.4) is 0 Å². The van der Waals surface area contributed by atoms with Crippen molar-refractivity contribution in [2.75, 3.05) is 25.9 Å². The Labute approximate surface area is 115 Å². The minimum Gasteiger partial charge on any atom is -0.342 e. The monoisotopic (exact) mass is 291 g/mol. The van der Waals surface area contributed by atoms with Crippen LogP contribution in [0.4, 0.5) is 0 Å². The van der Waals surface area contributed by atoms with E-state index in [-0.39, 0.29) is 23.8 Å². The van der Waals surface area contributed by atoms with E-state index in [1.807, 2.05) is 18.7 Å². The van der Waals surface area contributed by atoms with Crippen molar-refractivity contribution in [3.05, 3.63) is 0 Å². The number of rotatable bonds is 5. The van der Waals surface area contributed by atoms with Crippen LogP contribution in [0.25, 0.3) is 0 Å². The number of carbonyl (C=O) groups is 1. The molecule has 0 aromatic heterocycles. The molecular formula is C12H25N3O3S. The molecule has 3 atom stereocenters. The second-order valence-electron chi connectivity index (χ2n) is 5.56. The van der Waals surface area contributed by atoms with E-state index in [1.54, 1.807) is 0 Å². The van der Waals surface area contributed by atoms with Gasteiger partial charge in [0.05, 0.1) is 12.2 Å². The third-order valence-electron chi connectivity index (χ3n) is 3.64. The summed E-state index contributed by atoms with van der Waals surface area (Å²) < 4.78 is 24.7. The normalized spacial score (nSPS) is 24.0. The van der Waals surface area contributed by atoms with Crippen molar-refractivity contribution in [3.63, 3.8) is 0 Å². The van der Waals surface area contributed by atoms with Gasteiger partial charge in [-0.3, -0.25) is 4.79 Å². The molecule has 7 heteroatoms. The quantitative estimate of drug-likeness (QED) is 0.731. The topological polar surface area (TPSA) is 92.5 Å². The molecule has 0 aliphatic carbocycles. The van der Waals surface area contributed by atoms with Crippen molar-refractivity contribution in [3.8, 4) is 0 Å². The number of hydrogen-bond acceptors (Lipinski definition) is 4. The maximum absolute atomic E-state index is 12.2. The van der Waals surface area contributed by atoms with Gasteiger partial charge in [0.1, 0.15) is 0 Å². The highest BCUT2D eigenvalue weighted by molar-refractivity contribution is 7.88. The Morgan fingerprint density at radius 2 is 2.11 bits per heavy atom. The molecule has 19 heavy (non-hydrogen) atoms. The Kier molecular flexibility index (Phi) is 5.76. The van der Waals surface area contributed by atoms with E-state index in [0.29, 0.717) is 13.1 Å². The fourth-order valence-corrected chi connectivity index (χ4v) is 2.75. The lowest BCUT2D eigenvalue weighted by Gasteiger charge is -2.35. The van der Waals surface area contributed by atoms with E-state index < -0.39 is 10.0 Å². The fourth-order valence-electron chi connectivity index (χ4n) is 2.21. The molecule has 3 unspecified atom stereocenters. The van der Waals surface area contributed by atoms with E-state index in [1.165, 1.54) is 0 Å². The van der Waals surface area contributed by atoms with Gasteiger partial charge >= 0.3 is 0 Å². The first-order chi connectivity index (χ1) is 8.70. The number of amides is 1. The van der Waals surface area contributed by atoms with E-state index in [2.05, 4.69) is 4.72 Å². The van der Waals surface area contributed by atoms with E-state index in [0.717, 1.165) is 25.6 Å². The van der Waals surface area contributed by atoms with Gasteiger partial charge in [-0.25, -0.2) is 13.1 Å². The van der Waals surface area contributed by atoms with Gasteiger partial charge in [-0.2, -0.15) is 0 Å². The number of piperidine rings is 1. The molecule has 0 radical (unpaired) electrons. The minimum absolute atomic E-state index is 0.0686. The van der Waals surface area contributed by atoms with Crippen LogP contribution in [-0.2, 0) is 14.8 Å². The zero-order chi connectivity index (χ0) is 14.6. The molecule has 3 N–H and O–H groups in total. The Balaban J connectivity index is 2.52. The summed E-state index contributed by atoms with van der Waals surface area (Å²) >= 11 is 0. The second-order valence-corrected chi connectivity index (χ2v) is 7.39. The van der Waals surface area contributed by atoms with Crippen LogP contribution >= 0.6 is 0 Å². The Morgan fingerprint density at radius 1 is 1.47 bits per heavy atom. The molecule has 1 aliphatic heterocycles. The Bertz CT molecular complexity index is 408. The van der Waals surface area contributed by atoms with Gasteiger partial charge in [-0.1, -0.05) is 6.92 Å². The molecule has 1 fully saturated rings. The van der Waals surface area contributed by atoms with Gasteiger partial charge in [0.25, 0.3) is 0 Å². The zero-order valence-electron chi connectivity index (χ0n) is 11.9. The first-order valence-electron chi connectivity index (χ1n) is 6.69. The van der Waals surface area contributed by atoms with Gasteiger partial charge in [-0.15, -0.1) is 0 Å². The summed E-state index contributed by atoms with van der Waals surface area (Å²) in [5.41, 5.74) is 5.75. The standard InChI is InChI=1S/C12H25N3O3S/c1-9(10(2)13)12(16)15-6-4-5-11(8-15)7-14-19(3,17)18/h9-11,14H,4-8,13H2,1-3H3. The summed E-state index contributed by atoms with van der Waals surface area (Å²) in [7, 11) is -3.16. The molecule has 112 valence electrons. The summed E-state index contributed by atoms with van der Waals surface area (Å²) in [6.45, 7) is 5.42. The van der Waals surface area contributed by atoms with Crippen molar-refractivity contribution in [2.45, 2.75) is 32.7 Å². The number of hydrogen-bond donors (Lipinski definition) is 2. The van der Waals surface area contributed by atoms with Gasteiger partial charge in [0.2, 0.25) is 15.9 Å². The van der Waals surface area contributed by atoms with Crippen LogP contribution in [0.1, 0.15) is 26.7 Å². The molecule has 1 rings (SSSR count). The first-order valence-corrected chi connectivity index (χ1v) is 8.59. The number of nitrogens with two attached hydrogens (primary N) is 1. The molecule has 1 heterocycles. The highest BCUT2D eigenvalue weighted by atomic mass is 32.2. The third kappa shape index (κ3) is 5.46.